The second-order valence-electron chi connectivity index (χ2n) is 6.75. The number of benzene rings is 1. The number of nitrogens with zero attached hydrogens (tertiary/aromatic N) is 5. The number of hydrogen-bond acceptors (Lipinski definition) is 4. The van der Waals surface area contributed by atoms with Gasteiger partial charge in [0.25, 0.3) is 5.78 Å². The first-order chi connectivity index (χ1) is 11.8. The molecule has 0 unspecified atom stereocenters. The van der Waals surface area contributed by atoms with E-state index in [2.05, 4.69) is 56.4 Å². The van der Waals surface area contributed by atoms with Crippen LogP contribution in [0.15, 0.2) is 48.8 Å². The highest BCUT2D eigenvalue weighted by atomic mass is 15.3. The normalized spacial score (nSPS) is 19.2. The van der Waals surface area contributed by atoms with E-state index in [4.69, 9.17) is 0 Å². The van der Waals surface area contributed by atoms with Crippen LogP contribution in [-0.2, 0) is 12.0 Å². The molecule has 0 N–H and O–H groups in total. The Morgan fingerprint density at radius 1 is 1.08 bits per heavy atom. The Morgan fingerprint density at radius 3 is 2.83 bits per heavy atom. The highest BCUT2D eigenvalue weighted by Gasteiger charge is 2.37. The van der Waals surface area contributed by atoms with Crippen molar-refractivity contribution in [2.75, 3.05) is 13.1 Å². The van der Waals surface area contributed by atoms with Crippen molar-refractivity contribution in [3.8, 4) is 0 Å². The third-order valence-electron chi connectivity index (χ3n) is 5.35. The Kier molecular flexibility index (Phi) is 3.03. The number of rotatable bonds is 2. The van der Waals surface area contributed by atoms with Crippen LogP contribution in [0.2, 0.25) is 0 Å². The molecule has 1 saturated heterocycles. The summed E-state index contributed by atoms with van der Waals surface area (Å²) >= 11 is 0. The van der Waals surface area contributed by atoms with Crippen LogP contribution in [0.1, 0.15) is 29.8 Å². The zero-order chi connectivity index (χ0) is 16.0. The minimum Gasteiger partial charge on any atom is -0.296 e. The first-order valence-corrected chi connectivity index (χ1v) is 8.50. The summed E-state index contributed by atoms with van der Waals surface area (Å²) in [5, 5.41) is 4.52. The fourth-order valence-electron chi connectivity index (χ4n) is 4.02. The maximum absolute atomic E-state index is 4.52. The maximum atomic E-state index is 4.52. The Labute approximate surface area is 140 Å². The third-order valence-corrected chi connectivity index (χ3v) is 5.35. The molecule has 3 heterocycles. The van der Waals surface area contributed by atoms with Crippen molar-refractivity contribution >= 4 is 11.9 Å². The van der Waals surface area contributed by atoms with Crippen molar-refractivity contribution < 1.29 is 0 Å². The summed E-state index contributed by atoms with van der Waals surface area (Å²) in [4.78, 5) is 11.2. The summed E-state index contributed by atoms with van der Waals surface area (Å²) in [7, 11) is 0. The molecule has 24 heavy (non-hydrogen) atoms. The second kappa shape index (κ2) is 5.24. The monoisotopic (exact) mass is 317 g/mol. The average Bonchev–Trinajstić information content (AvgIpc) is 3.19. The van der Waals surface area contributed by atoms with Gasteiger partial charge in [0.05, 0.1) is 6.54 Å². The molecule has 1 fully saturated rings. The molecule has 0 bridgehead atoms. The van der Waals surface area contributed by atoms with E-state index in [0.717, 1.165) is 38.3 Å². The highest BCUT2D eigenvalue weighted by molar-refractivity contribution is 5.65. The van der Waals surface area contributed by atoms with Gasteiger partial charge >= 0.3 is 0 Å². The van der Waals surface area contributed by atoms with Gasteiger partial charge in [-0.2, -0.15) is 4.98 Å². The Morgan fingerprint density at radius 2 is 1.96 bits per heavy atom. The summed E-state index contributed by atoms with van der Waals surface area (Å²) in [5.74, 6) is 1.53. The third kappa shape index (κ3) is 2.16. The summed E-state index contributed by atoms with van der Waals surface area (Å²) in [5.41, 5.74) is 3.12. The lowest BCUT2D eigenvalue weighted by Crippen LogP contribution is -2.40. The topological polar surface area (TPSA) is 46.3 Å². The van der Waals surface area contributed by atoms with Crippen LogP contribution in [0.4, 0.5) is 0 Å². The number of piperidine rings is 1. The van der Waals surface area contributed by atoms with E-state index in [-0.39, 0.29) is 5.41 Å². The molecule has 1 aliphatic carbocycles. The van der Waals surface area contributed by atoms with E-state index in [1.807, 2.05) is 12.3 Å². The minimum absolute atomic E-state index is 0.237. The zero-order valence-corrected chi connectivity index (χ0v) is 13.5. The molecule has 0 amide bonds. The molecule has 5 rings (SSSR count). The fraction of sp³-hybridized carbons (Fsp3) is 0.316. The van der Waals surface area contributed by atoms with Crippen LogP contribution in [0.25, 0.3) is 11.9 Å². The zero-order valence-electron chi connectivity index (χ0n) is 13.5. The van der Waals surface area contributed by atoms with Crippen molar-refractivity contribution in [3.05, 3.63) is 65.8 Å². The van der Waals surface area contributed by atoms with Gasteiger partial charge in [0.1, 0.15) is 0 Å². The lowest BCUT2D eigenvalue weighted by atomic mass is 9.74. The van der Waals surface area contributed by atoms with E-state index in [1.165, 1.54) is 11.1 Å². The molecule has 0 saturated carbocycles. The Hall–Kier alpha value is -2.53. The molecule has 5 nitrogen and oxygen atoms in total. The van der Waals surface area contributed by atoms with Crippen LogP contribution < -0.4 is 0 Å². The standard InChI is InChI=1S/C19H19N5/c1-2-5-16-15(4-1)6-7-19(16)8-12-23(13-9-19)14-17-21-18-20-10-3-11-24(18)22-17/h1-7,10-11H,8-9,12-14H2. The predicted octanol–water partition coefficient (Wildman–Crippen LogP) is 2.68. The van der Waals surface area contributed by atoms with Gasteiger partial charge in [0.2, 0.25) is 0 Å². The first-order valence-electron chi connectivity index (χ1n) is 8.50. The van der Waals surface area contributed by atoms with Gasteiger partial charge in [-0.05, 0) is 43.1 Å². The largest absolute Gasteiger partial charge is 0.296 e. The van der Waals surface area contributed by atoms with Gasteiger partial charge in [-0.25, -0.2) is 9.50 Å². The lowest BCUT2D eigenvalue weighted by molar-refractivity contribution is 0.174. The smallest absolute Gasteiger partial charge is 0.252 e. The van der Waals surface area contributed by atoms with Crippen LogP contribution >= 0.6 is 0 Å². The van der Waals surface area contributed by atoms with Gasteiger partial charge in [0, 0.05) is 17.8 Å². The van der Waals surface area contributed by atoms with Gasteiger partial charge < -0.3 is 0 Å². The van der Waals surface area contributed by atoms with Crippen LogP contribution in [0.5, 0.6) is 0 Å². The molecule has 2 aromatic heterocycles. The molecule has 1 aromatic carbocycles. The molecular weight excluding hydrogens is 298 g/mol. The Bertz CT molecular complexity index is 885. The van der Waals surface area contributed by atoms with E-state index in [9.17, 15) is 0 Å². The number of fused-ring (bicyclic) bond motifs is 3. The molecule has 5 heteroatoms. The molecular formula is C19H19N5. The average molecular weight is 317 g/mol. The summed E-state index contributed by atoms with van der Waals surface area (Å²) < 4.78 is 1.75. The minimum atomic E-state index is 0.237. The predicted molar refractivity (Wildman–Crippen MR) is 92.4 cm³/mol. The van der Waals surface area contributed by atoms with Crippen LogP contribution in [-0.4, -0.2) is 37.6 Å². The number of hydrogen-bond donors (Lipinski definition) is 0. The van der Waals surface area contributed by atoms with Crippen molar-refractivity contribution in [2.45, 2.75) is 24.8 Å². The molecule has 0 radical (unpaired) electrons. The van der Waals surface area contributed by atoms with Gasteiger partial charge in [-0.1, -0.05) is 36.4 Å². The fourth-order valence-corrected chi connectivity index (χ4v) is 4.02. The second-order valence-corrected chi connectivity index (χ2v) is 6.75. The molecule has 1 spiro atoms. The molecule has 2 aliphatic rings. The molecule has 1 aliphatic heterocycles. The SMILES string of the molecule is C1=CC2(CCN(Cc3nc4ncccn4n3)CC2)c2ccccc21. The molecule has 120 valence electrons. The van der Waals surface area contributed by atoms with E-state index < -0.39 is 0 Å². The number of likely N-dealkylation sites (tertiary alicyclic amines) is 1. The van der Waals surface area contributed by atoms with Crippen molar-refractivity contribution in [1.82, 2.24) is 24.5 Å². The highest BCUT2D eigenvalue weighted by Crippen LogP contribution is 2.43. The lowest BCUT2D eigenvalue weighted by Gasteiger charge is -2.38. The van der Waals surface area contributed by atoms with Gasteiger partial charge in [-0.3, -0.25) is 4.90 Å². The summed E-state index contributed by atoms with van der Waals surface area (Å²) in [6, 6.07) is 10.7. The van der Waals surface area contributed by atoms with Crippen molar-refractivity contribution in [3.63, 3.8) is 0 Å². The van der Waals surface area contributed by atoms with E-state index >= 15 is 0 Å². The van der Waals surface area contributed by atoms with Gasteiger partial charge in [-0.15, -0.1) is 5.10 Å². The van der Waals surface area contributed by atoms with Crippen molar-refractivity contribution in [2.24, 2.45) is 0 Å². The quantitative estimate of drug-likeness (QED) is 0.729. The van der Waals surface area contributed by atoms with E-state index in [0.29, 0.717) is 5.78 Å². The van der Waals surface area contributed by atoms with Gasteiger partial charge in [0.15, 0.2) is 5.82 Å². The van der Waals surface area contributed by atoms with Crippen LogP contribution in [0, 0.1) is 0 Å². The van der Waals surface area contributed by atoms with E-state index in [1.54, 1.807) is 10.7 Å². The number of allylic oxidation sites excluding steroid dienone is 1. The maximum Gasteiger partial charge on any atom is 0.252 e. The Balaban J connectivity index is 1.32. The number of aromatic nitrogens is 4. The first kappa shape index (κ1) is 13.9. The summed E-state index contributed by atoms with van der Waals surface area (Å²) in [6.07, 6.45) is 10.7. The van der Waals surface area contributed by atoms with Crippen molar-refractivity contribution in [1.29, 1.82) is 0 Å². The van der Waals surface area contributed by atoms with Crippen LogP contribution in [0.3, 0.4) is 0 Å². The molecule has 3 aromatic rings. The molecule has 0 atom stereocenters. The summed E-state index contributed by atoms with van der Waals surface area (Å²) in [6.45, 7) is 2.94.